The summed E-state index contributed by atoms with van der Waals surface area (Å²) in [7, 11) is 1.35. The Kier molecular flexibility index (Phi) is 7.79. The van der Waals surface area contributed by atoms with Crippen LogP contribution >= 0.6 is 0 Å². The number of aliphatic hydroxyl groups excluding tert-OH is 1. The largest absolute Gasteiger partial charge is 0.487 e. The fourth-order valence-corrected chi connectivity index (χ4v) is 5.74. The van der Waals surface area contributed by atoms with Crippen LogP contribution in [0, 0.1) is 5.92 Å². The first-order valence-electron chi connectivity index (χ1n) is 11.0. The molecule has 2 aromatic carbocycles. The normalized spacial score (nSPS) is 21.3. The molecular formula is C24H33N3O5S. The van der Waals surface area contributed by atoms with Crippen LogP contribution in [0.5, 0.6) is 5.75 Å². The molecule has 0 bridgehead atoms. The molecule has 180 valence electrons. The molecule has 9 heteroatoms. The number of fused-ring (bicyclic) bond motifs is 1. The summed E-state index contributed by atoms with van der Waals surface area (Å²) in [6.45, 7) is 4.18. The lowest BCUT2D eigenvalue weighted by atomic mass is 10.0. The van der Waals surface area contributed by atoms with Crippen molar-refractivity contribution in [2.75, 3.05) is 40.8 Å². The van der Waals surface area contributed by atoms with Crippen molar-refractivity contribution in [3.05, 3.63) is 48.0 Å². The summed E-state index contributed by atoms with van der Waals surface area (Å²) in [6.07, 6.45) is -0.256. The maximum Gasteiger partial charge on any atom is 0.253 e. The second-order valence-corrected chi connectivity index (χ2v) is 10.6. The number of benzene rings is 2. The van der Waals surface area contributed by atoms with Crippen molar-refractivity contribution < 1.29 is 23.1 Å². The summed E-state index contributed by atoms with van der Waals surface area (Å²) in [4.78, 5) is 13.8. The molecule has 1 aliphatic heterocycles. The predicted molar refractivity (Wildman–Crippen MR) is 128 cm³/mol. The first-order valence-corrected chi connectivity index (χ1v) is 12.4. The average Bonchev–Trinajstić information content (AvgIpc) is 2.80. The zero-order valence-corrected chi connectivity index (χ0v) is 20.6. The second-order valence-electron chi connectivity index (χ2n) is 8.74. The van der Waals surface area contributed by atoms with E-state index >= 15 is 0 Å². The van der Waals surface area contributed by atoms with E-state index < -0.39 is 16.1 Å². The van der Waals surface area contributed by atoms with E-state index in [-0.39, 0.29) is 41.7 Å². The first-order chi connectivity index (χ1) is 15.6. The van der Waals surface area contributed by atoms with Gasteiger partial charge in [-0.1, -0.05) is 25.1 Å². The zero-order valence-electron chi connectivity index (χ0n) is 19.8. The number of carbonyl (C=O) groups excluding carboxylic acids is 1. The van der Waals surface area contributed by atoms with Crippen LogP contribution in [-0.2, 0) is 10.0 Å². The Morgan fingerprint density at radius 3 is 2.42 bits per heavy atom. The Morgan fingerprint density at radius 2 is 1.85 bits per heavy atom. The molecule has 1 aliphatic rings. The Bertz CT molecular complexity index is 1090. The summed E-state index contributed by atoms with van der Waals surface area (Å²) in [5, 5.41) is 12.8. The number of nitrogens with zero attached hydrogens (tertiary/aromatic N) is 2. The van der Waals surface area contributed by atoms with Gasteiger partial charge < -0.3 is 20.1 Å². The third kappa shape index (κ3) is 5.22. The Balaban J connectivity index is 2.07. The number of carbonyl (C=O) groups is 1. The molecule has 2 N–H and O–H groups in total. The van der Waals surface area contributed by atoms with Crippen LogP contribution < -0.4 is 10.1 Å². The van der Waals surface area contributed by atoms with E-state index in [9.17, 15) is 18.3 Å². The molecule has 33 heavy (non-hydrogen) atoms. The van der Waals surface area contributed by atoms with Gasteiger partial charge in [-0.05, 0) is 49.4 Å². The lowest BCUT2D eigenvalue weighted by molar-refractivity contribution is 0.0827. The maximum absolute atomic E-state index is 13.5. The topological polar surface area (TPSA) is 99.2 Å². The molecule has 0 aromatic heterocycles. The van der Waals surface area contributed by atoms with E-state index in [2.05, 4.69) is 5.32 Å². The summed E-state index contributed by atoms with van der Waals surface area (Å²) >= 11 is 0. The molecule has 0 spiro atoms. The van der Waals surface area contributed by atoms with Crippen molar-refractivity contribution in [2.24, 2.45) is 5.92 Å². The first kappa shape index (κ1) is 25.2. The van der Waals surface area contributed by atoms with Crippen LogP contribution in [0.3, 0.4) is 0 Å². The highest BCUT2D eigenvalue weighted by atomic mass is 32.2. The number of rotatable bonds is 6. The van der Waals surface area contributed by atoms with Gasteiger partial charge >= 0.3 is 0 Å². The standard InChI is InChI=1S/C24H33N3O5S/c1-16-14-27(17(2)15-28)33(30,31)23-11-10-20(12-21(23)32-22(16)13-25-3)18-6-8-19(9-7-18)24(29)26(4)5/h6-12,16-17,22,25,28H,13-15H2,1-5H3/t16-,17+,22+/m1/s1. The minimum absolute atomic E-state index is 0.0824. The van der Waals surface area contributed by atoms with Gasteiger partial charge in [-0.15, -0.1) is 0 Å². The fourth-order valence-electron chi connectivity index (χ4n) is 3.91. The highest BCUT2D eigenvalue weighted by Gasteiger charge is 2.37. The Morgan fingerprint density at radius 1 is 1.21 bits per heavy atom. The van der Waals surface area contributed by atoms with Crippen LogP contribution in [-0.4, -0.2) is 81.6 Å². The number of amides is 1. The van der Waals surface area contributed by atoms with Gasteiger partial charge in [0.1, 0.15) is 16.7 Å². The third-order valence-electron chi connectivity index (χ3n) is 5.94. The zero-order chi connectivity index (χ0) is 24.3. The van der Waals surface area contributed by atoms with Gasteiger partial charge in [-0.2, -0.15) is 4.31 Å². The van der Waals surface area contributed by atoms with Gasteiger partial charge in [-0.3, -0.25) is 4.79 Å². The van der Waals surface area contributed by atoms with Crippen molar-refractivity contribution >= 4 is 15.9 Å². The molecule has 0 aliphatic carbocycles. The number of aliphatic hydroxyl groups is 1. The van der Waals surface area contributed by atoms with Gasteiger partial charge in [0.05, 0.1) is 6.61 Å². The van der Waals surface area contributed by atoms with E-state index in [0.717, 1.165) is 11.1 Å². The molecule has 0 saturated heterocycles. The molecule has 0 saturated carbocycles. The molecule has 1 heterocycles. The lowest BCUT2D eigenvalue weighted by Crippen LogP contribution is -2.49. The number of hydrogen-bond donors (Lipinski definition) is 2. The third-order valence-corrected chi connectivity index (χ3v) is 7.96. The monoisotopic (exact) mass is 475 g/mol. The number of sulfonamides is 1. The molecule has 0 unspecified atom stereocenters. The van der Waals surface area contributed by atoms with Crippen molar-refractivity contribution in [3.8, 4) is 16.9 Å². The van der Waals surface area contributed by atoms with E-state index in [0.29, 0.717) is 12.1 Å². The maximum atomic E-state index is 13.5. The van der Waals surface area contributed by atoms with Gasteiger partial charge in [0.2, 0.25) is 10.0 Å². The van der Waals surface area contributed by atoms with E-state index in [4.69, 9.17) is 4.74 Å². The summed E-state index contributed by atoms with van der Waals surface area (Å²) in [5.41, 5.74) is 2.20. The average molecular weight is 476 g/mol. The summed E-state index contributed by atoms with van der Waals surface area (Å²) in [5.74, 6) is 0.0911. The van der Waals surface area contributed by atoms with E-state index in [1.165, 1.54) is 9.21 Å². The Hall–Kier alpha value is -2.46. The van der Waals surface area contributed by atoms with Crippen LogP contribution in [0.25, 0.3) is 11.1 Å². The molecule has 2 aromatic rings. The molecule has 0 fully saturated rings. The molecular weight excluding hydrogens is 442 g/mol. The molecule has 3 atom stereocenters. The van der Waals surface area contributed by atoms with E-state index in [1.54, 1.807) is 51.4 Å². The van der Waals surface area contributed by atoms with Crippen molar-refractivity contribution in [1.82, 2.24) is 14.5 Å². The number of ether oxygens (including phenoxy) is 1. The van der Waals surface area contributed by atoms with Gasteiger partial charge in [0.25, 0.3) is 5.91 Å². The van der Waals surface area contributed by atoms with Crippen LogP contribution in [0.4, 0.5) is 0 Å². The molecule has 0 radical (unpaired) electrons. The number of nitrogens with one attached hydrogen (secondary N) is 1. The SMILES string of the molecule is CNC[C@@H]1Oc2cc(-c3ccc(C(=O)N(C)C)cc3)ccc2S(=O)(=O)N([C@@H](C)CO)C[C@H]1C. The fraction of sp³-hybridized carbons (Fsp3) is 0.458. The minimum atomic E-state index is -3.87. The number of hydrogen-bond acceptors (Lipinski definition) is 6. The van der Waals surface area contributed by atoms with Crippen molar-refractivity contribution in [2.45, 2.75) is 30.9 Å². The quantitative estimate of drug-likeness (QED) is 0.664. The van der Waals surface area contributed by atoms with Crippen LogP contribution in [0.2, 0.25) is 0 Å². The van der Waals surface area contributed by atoms with Crippen molar-refractivity contribution in [3.63, 3.8) is 0 Å². The van der Waals surface area contributed by atoms with Crippen LogP contribution in [0.15, 0.2) is 47.4 Å². The number of likely N-dealkylation sites (N-methyl/N-ethyl adjacent to an activating group) is 1. The van der Waals surface area contributed by atoms with Crippen molar-refractivity contribution in [1.29, 1.82) is 0 Å². The molecule has 8 nitrogen and oxygen atoms in total. The molecule has 1 amide bonds. The minimum Gasteiger partial charge on any atom is -0.487 e. The predicted octanol–water partition coefficient (Wildman–Crippen LogP) is 2.04. The van der Waals surface area contributed by atoms with Gasteiger partial charge in [0.15, 0.2) is 0 Å². The van der Waals surface area contributed by atoms with Gasteiger partial charge in [0, 0.05) is 44.7 Å². The van der Waals surface area contributed by atoms with Gasteiger partial charge in [-0.25, -0.2) is 8.42 Å². The smallest absolute Gasteiger partial charge is 0.253 e. The Labute approximate surface area is 196 Å². The highest BCUT2D eigenvalue weighted by molar-refractivity contribution is 7.89. The second kappa shape index (κ2) is 10.2. The van der Waals surface area contributed by atoms with E-state index in [1.807, 2.05) is 26.1 Å². The summed E-state index contributed by atoms with van der Waals surface area (Å²) in [6, 6.07) is 11.7. The lowest BCUT2D eigenvalue weighted by Gasteiger charge is -2.36. The highest BCUT2D eigenvalue weighted by Crippen LogP contribution is 2.36. The van der Waals surface area contributed by atoms with Crippen LogP contribution in [0.1, 0.15) is 24.2 Å². The molecule has 3 rings (SSSR count). The summed E-state index contributed by atoms with van der Waals surface area (Å²) < 4.78 is 34.6.